The lowest BCUT2D eigenvalue weighted by Crippen LogP contribution is -2.35. The molecule has 2 aliphatic rings. The zero-order valence-corrected chi connectivity index (χ0v) is 19.8. The second kappa shape index (κ2) is 9.80. The van der Waals surface area contributed by atoms with Crippen LogP contribution in [0.3, 0.4) is 0 Å². The van der Waals surface area contributed by atoms with Crippen LogP contribution in [0.25, 0.3) is 0 Å². The first kappa shape index (κ1) is 22.9. The van der Waals surface area contributed by atoms with Crippen LogP contribution in [0, 0.1) is 18.2 Å². The average molecular weight is 461 g/mol. The Morgan fingerprint density at radius 1 is 1.06 bits per heavy atom. The van der Waals surface area contributed by atoms with Crippen LogP contribution in [0.2, 0.25) is 0 Å². The first-order valence-corrected chi connectivity index (χ1v) is 12.2. The summed E-state index contributed by atoms with van der Waals surface area (Å²) >= 11 is 0. The molecule has 3 aromatic rings. The number of aryl methyl sites for hydroxylation is 1. The van der Waals surface area contributed by atoms with E-state index in [1.165, 1.54) is 23.3 Å². The highest BCUT2D eigenvalue weighted by Crippen LogP contribution is 2.44. The van der Waals surface area contributed by atoms with Gasteiger partial charge in [-0.25, -0.2) is 14.4 Å². The summed E-state index contributed by atoms with van der Waals surface area (Å²) in [4.78, 5) is 13.8. The second-order valence-corrected chi connectivity index (χ2v) is 10.1. The monoisotopic (exact) mass is 460 g/mol. The minimum Gasteiger partial charge on any atom is -0.395 e. The van der Waals surface area contributed by atoms with E-state index in [1.807, 2.05) is 18.3 Å². The standard InChI is InChI=1S/C28H33FN4O/c1-21-2-4-23(5-3-21)15-26-16-28(18-32(26)12-13-34)10-11-33(19-28)27-24(17-30-20-31-27)14-22-6-8-25(29)9-7-22/h2-9,17,20,26,34H,10-16,18-19H2,1H3. The van der Waals surface area contributed by atoms with Crippen LogP contribution in [0.15, 0.2) is 61.1 Å². The van der Waals surface area contributed by atoms with Crippen LogP contribution in [0.5, 0.6) is 0 Å². The molecule has 5 nitrogen and oxygen atoms in total. The van der Waals surface area contributed by atoms with Gasteiger partial charge in [0.15, 0.2) is 0 Å². The molecule has 2 fully saturated rings. The summed E-state index contributed by atoms with van der Waals surface area (Å²) in [7, 11) is 0. The number of halogens is 1. The zero-order chi connectivity index (χ0) is 23.5. The van der Waals surface area contributed by atoms with Gasteiger partial charge in [0.1, 0.15) is 18.0 Å². The molecule has 2 atom stereocenters. The summed E-state index contributed by atoms with van der Waals surface area (Å²) in [6.45, 7) is 5.99. The summed E-state index contributed by atoms with van der Waals surface area (Å²) in [5.74, 6) is 0.774. The summed E-state index contributed by atoms with van der Waals surface area (Å²) in [6.07, 6.45) is 7.48. The van der Waals surface area contributed by atoms with Crippen LogP contribution >= 0.6 is 0 Å². The number of hydrogen-bond donors (Lipinski definition) is 1. The van der Waals surface area contributed by atoms with E-state index >= 15 is 0 Å². The number of rotatable bonds is 7. The maximum absolute atomic E-state index is 13.3. The molecular formula is C28H33FN4O. The van der Waals surface area contributed by atoms with Gasteiger partial charge in [-0.1, -0.05) is 42.0 Å². The van der Waals surface area contributed by atoms with Gasteiger partial charge < -0.3 is 10.0 Å². The number of aliphatic hydroxyl groups is 1. The number of nitrogens with zero attached hydrogens (tertiary/aromatic N) is 4. The number of likely N-dealkylation sites (tertiary alicyclic amines) is 1. The molecule has 0 amide bonds. The molecule has 0 aliphatic carbocycles. The third kappa shape index (κ3) is 4.98. The Balaban J connectivity index is 1.32. The fourth-order valence-electron chi connectivity index (χ4n) is 5.84. The molecule has 1 spiro atoms. The van der Waals surface area contributed by atoms with Crippen molar-refractivity contribution in [2.75, 3.05) is 37.7 Å². The van der Waals surface area contributed by atoms with E-state index in [0.717, 1.165) is 62.4 Å². The van der Waals surface area contributed by atoms with Crippen molar-refractivity contribution in [1.29, 1.82) is 0 Å². The van der Waals surface area contributed by atoms with Gasteiger partial charge in [0.25, 0.3) is 0 Å². The molecule has 2 unspecified atom stereocenters. The number of aliphatic hydroxyl groups excluding tert-OH is 1. The van der Waals surface area contributed by atoms with Crippen LogP contribution in [-0.2, 0) is 12.8 Å². The topological polar surface area (TPSA) is 52.5 Å². The molecule has 1 N–H and O–H groups in total. The number of anilines is 1. The van der Waals surface area contributed by atoms with E-state index in [2.05, 4.69) is 51.0 Å². The summed E-state index contributed by atoms with van der Waals surface area (Å²) in [5.41, 5.74) is 4.99. The zero-order valence-electron chi connectivity index (χ0n) is 19.8. The van der Waals surface area contributed by atoms with E-state index in [1.54, 1.807) is 6.33 Å². The minimum absolute atomic E-state index is 0.192. The van der Waals surface area contributed by atoms with Crippen molar-refractivity contribution in [3.63, 3.8) is 0 Å². The predicted octanol–water partition coefficient (Wildman–Crippen LogP) is 4.02. The molecule has 0 saturated carbocycles. The fourth-order valence-corrected chi connectivity index (χ4v) is 5.84. The predicted molar refractivity (Wildman–Crippen MR) is 132 cm³/mol. The maximum atomic E-state index is 13.3. The van der Waals surface area contributed by atoms with E-state index < -0.39 is 0 Å². The molecule has 3 heterocycles. The largest absolute Gasteiger partial charge is 0.395 e. The molecule has 0 radical (unpaired) electrons. The molecule has 2 aliphatic heterocycles. The van der Waals surface area contributed by atoms with Crippen molar-refractivity contribution in [1.82, 2.24) is 14.9 Å². The van der Waals surface area contributed by atoms with E-state index in [9.17, 15) is 9.50 Å². The highest BCUT2D eigenvalue weighted by atomic mass is 19.1. The third-order valence-electron chi connectivity index (χ3n) is 7.51. The van der Waals surface area contributed by atoms with Crippen LogP contribution < -0.4 is 4.90 Å². The molecule has 2 saturated heterocycles. The summed E-state index contributed by atoms with van der Waals surface area (Å²) in [5, 5.41) is 9.71. The smallest absolute Gasteiger partial charge is 0.135 e. The first-order chi connectivity index (χ1) is 16.5. The number of β-amino-alcohol motifs (C(OH)–C–C–N with tert-alkyl or cyclic N) is 1. The van der Waals surface area contributed by atoms with Gasteiger partial charge in [0.2, 0.25) is 0 Å². The quantitative estimate of drug-likeness (QED) is 0.577. The van der Waals surface area contributed by atoms with Crippen molar-refractivity contribution in [3.8, 4) is 0 Å². The Morgan fingerprint density at radius 3 is 2.59 bits per heavy atom. The van der Waals surface area contributed by atoms with Crippen molar-refractivity contribution in [2.24, 2.45) is 5.41 Å². The van der Waals surface area contributed by atoms with Crippen molar-refractivity contribution in [2.45, 2.75) is 38.6 Å². The number of hydrogen-bond acceptors (Lipinski definition) is 5. The number of benzene rings is 2. The Morgan fingerprint density at radius 2 is 1.82 bits per heavy atom. The normalized spacial score (nSPS) is 22.7. The van der Waals surface area contributed by atoms with E-state index in [-0.39, 0.29) is 17.8 Å². The lowest BCUT2D eigenvalue weighted by atomic mass is 9.83. The molecule has 0 bridgehead atoms. The van der Waals surface area contributed by atoms with Gasteiger partial charge in [0.05, 0.1) is 6.61 Å². The lowest BCUT2D eigenvalue weighted by Gasteiger charge is -2.26. The number of aromatic nitrogens is 2. The fraction of sp³-hybridized carbons (Fsp3) is 0.429. The van der Waals surface area contributed by atoms with Gasteiger partial charge in [-0.05, 0) is 49.4 Å². The molecule has 6 heteroatoms. The van der Waals surface area contributed by atoms with Gasteiger partial charge in [-0.3, -0.25) is 4.90 Å². The van der Waals surface area contributed by atoms with Crippen molar-refractivity contribution in [3.05, 3.63) is 89.1 Å². The Hall–Kier alpha value is -2.83. The summed E-state index contributed by atoms with van der Waals surface area (Å²) < 4.78 is 13.3. The van der Waals surface area contributed by atoms with Gasteiger partial charge in [-0.2, -0.15) is 0 Å². The second-order valence-electron chi connectivity index (χ2n) is 10.1. The van der Waals surface area contributed by atoms with E-state index in [0.29, 0.717) is 12.5 Å². The molecule has 1 aromatic heterocycles. The van der Waals surface area contributed by atoms with Gasteiger partial charge in [-0.15, -0.1) is 0 Å². The van der Waals surface area contributed by atoms with Crippen LogP contribution in [0.4, 0.5) is 10.2 Å². The Bertz CT molecular complexity index is 1100. The third-order valence-corrected chi connectivity index (χ3v) is 7.51. The molecule has 2 aromatic carbocycles. The Kier molecular flexibility index (Phi) is 6.61. The molecule has 34 heavy (non-hydrogen) atoms. The molecular weight excluding hydrogens is 427 g/mol. The highest BCUT2D eigenvalue weighted by Gasteiger charge is 2.48. The molecule has 178 valence electrons. The van der Waals surface area contributed by atoms with Crippen LogP contribution in [0.1, 0.15) is 35.1 Å². The van der Waals surface area contributed by atoms with Crippen molar-refractivity contribution >= 4 is 5.82 Å². The van der Waals surface area contributed by atoms with Gasteiger partial charge >= 0.3 is 0 Å². The highest BCUT2D eigenvalue weighted by molar-refractivity contribution is 5.49. The SMILES string of the molecule is Cc1ccc(CC2CC3(CCN(c4ncncc4Cc4ccc(F)cc4)C3)CN2CCO)cc1. The van der Waals surface area contributed by atoms with Gasteiger partial charge in [0, 0.05) is 55.8 Å². The average Bonchev–Trinajstić information content (AvgIpc) is 3.40. The maximum Gasteiger partial charge on any atom is 0.135 e. The van der Waals surface area contributed by atoms with Crippen molar-refractivity contribution < 1.29 is 9.50 Å². The first-order valence-electron chi connectivity index (χ1n) is 12.2. The van der Waals surface area contributed by atoms with Crippen LogP contribution in [-0.4, -0.2) is 58.8 Å². The Labute approximate surface area is 201 Å². The van der Waals surface area contributed by atoms with E-state index in [4.69, 9.17) is 0 Å². The lowest BCUT2D eigenvalue weighted by molar-refractivity contribution is 0.176. The molecule has 5 rings (SSSR count). The minimum atomic E-state index is -0.219. The summed E-state index contributed by atoms with van der Waals surface area (Å²) in [6, 6.07) is 16.0.